The molecule has 1 saturated heterocycles. The van der Waals surface area contributed by atoms with E-state index < -0.39 is 0 Å². The van der Waals surface area contributed by atoms with Crippen LogP contribution >= 0.6 is 22.9 Å². The van der Waals surface area contributed by atoms with Crippen LogP contribution < -0.4 is 5.32 Å². The van der Waals surface area contributed by atoms with Crippen LogP contribution in [0.25, 0.3) is 0 Å². The highest BCUT2D eigenvalue weighted by Gasteiger charge is 2.14. The Kier molecular flexibility index (Phi) is 6.56. The standard InChI is InChI=1S/C13H21ClN2O2S/c14-13-2-1-12(19-13)3-4-15-9-11(17)10-16-5-7-18-8-6-16/h1-2,11,15,17H,3-10H2. The van der Waals surface area contributed by atoms with Gasteiger partial charge in [-0.3, -0.25) is 4.90 Å². The van der Waals surface area contributed by atoms with Crippen molar-refractivity contribution in [2.75, 3.05) is 45.9 Å². The number of morpholine rings is 1. The molecular formula is C13H21ClN2O2S. The third-order valence-electron chi connectivity index (χ3n) is 3.13. The van der Waals surface area contributed by atoms with E-state index in [0.29, 0.717) is 6.54 Å². The van der Waals surface area contributed by atoms with Crippen LogP contribution in [0.15, 0.2) is 12.1 Å². The summed E-state index contributed by atoms with van der Waals surface area (Å²) in [6.07, 6.45) is 0.645. The largest absolute Gasteiger partial charge is 0.390 e. The van der Waals surface area contributed by atoms with Gasteiger partial charge in [-0.05, 0) is 18.6 Å². The van der Waals surface area contributed by atoms with E-state index >= 15 is 0 Å². The average molecular weight is 305 g/mol. The lowest BCUT2D eigenvalue weighted by Crippen LogP contribution is -2.43. The van der Waals surface area contributed by atoms with Gasteiger partial charge in [0.25, 0.3) is 0 Å². The van der Waals surface area contributed by atoms with Crippen molar-refractivity contribution in [3.63, 3.8) is 0 Å². The van der Waals surface area contributed by atoms with Gasteiger partial charge in [-0.1, -0.05) is 11.6 Å². The van der Waals surface area contributed by atoms with Crippen molar-refractivity contribution in [2.24, 2.45) is 0 Å². The highest BCUT2D eigenvalue weighted by molar-refractivity contribution is 7.16. The van der Waals surface area contributed by atoms with Crippen molar-refractivity contribution in [3.8, 4) is 0 Å². The van der Waals surface area contributed by atoms with Crippen LogP contribution in [-0.4, -0.2) is 62.0 Å². The quantitative estimate of drug-likeness (QED) is 0.744. The number of hydrogen-bond donors (Lipinski definition) is 2. The molecule has 0 amide bonds. The van der Waals surface area contributed by atoms with Crippen LogP contribution in [0.4, 0.5) is 0 Å². The summed E-state index contributed by atoms with van der Waals surface area (Å²) in [5.41, 5.74) is 0. The van der Waals surface area contributed by atoms with Gasteiger partial charge in [-0.15, -0.1) is 11.3 Å². The lowest BCUT2D eigenvalue weighted by Gasteiger charge is -2.28. The van der Waals surface area contributed by atoms with Crippen LogP contribution in [0.3, 0.4) is 0 Å². The van der Waals surface area contributed by atoms with Crippen LogP contribution in [0, 0.1) is 0 Å². The summed E-state index contributed by atoms with van der Waals surface area (Å²) in [5, 5.41) is 13.2. The molecular weight excluding hydrogens is 284 g/mol. The van der Waals surface area contributed by atoms with Gasteiger partial charge in [0.05, 0.1) is 23.7 Å². The summed E-state index contributed by atoms with van der Waals surface area (Å²) in [6.45, 7) is 5.63. The Morgan fingerprint density at radius 2 is 2.21 bits per heavy atom. The molecule has 4 nitrogen and oxygen atoms in total. The molecule has 1 atom stereocenters. The second-order valence-electron chi connectivity index (χ2n) is 4.73. The Labute approximate surface area is 123 Å². The second-order valence-corrected chi connectivity index (χ2v) is 6.53. The molecule has 0 radical (unpaired) electrons. The number of nitrogens with zero attached hydrogens (tertiary/aromatic N) is 1. The van der Waals surface area contributed by atoms with Gasteiger partial charge < -0.3 is 15.2 Å². The maximum absolute atomic E-state index is 9.94. The van der Waals surface area contributed by atoms with Gasteiger partial charge in [0.1, 0.15) is 0 Å². The third kappa shape index (κ3) is 5.77. The Bertz CT molecular complexity index is 369. The van der Waals surface area contributed by atoms with Crippen molar-refractivity contribution in [3.05, 3.63) is 21.3 Å². The Hall–Kier alpha value is -0.170. The van der Waals surface area contributed by atoms with Crippen molar-refractivity contribution in [2.45, 2.75) is 12.5 Å². The molecule has 1 aliphatic rings. The number of ether oxygens (including phenoxy) is 1. The molecule has 1 aromatic rings. The van der Waals surface area contributed by atoms with Crippen LogP contribution in [0.5, 0.6) is 0 Å². The van der Waals surface area contributed by atoms with Crippen molar-refractivity contribution < 1.29 is 9.84 Å². The van der Waals surface area contributed by atoms with Gasteiger partial charge in [0.2, 0.25) is 0 Å². The van der Waals surface area contributed by atoms with E-state index in [9.17, 15) is 5.11 Å². The first-order chi connectivity index (χ1) is 9.24. The molecule has 6 heteroatoms. The predicted molar refractivity (Wildman–Crippen MR) is 79.2 cm³/mol. The first kappa shape index (κ1) is 15.2. The number of aliphatic hydroxyl groups is 1. The number of nitrogens with one attached hydrogen (secondary N) is 1. The topological polar surface area (TPSA) is 44.7 Å². The average Bonchev–Trinajstić information content (AvgIpc) is 2.82. The van der Waals surface area contributed by atoms with Crippen molar-refractivity contribution in [1.29, 1.82) is 0 Å². The van der Waals surface area contributed by atoms with E-state index in [1.54, 1.807) is 11.3 Å². The molecule has 1 unspecified atom stereocenters. The van der Waals surface area contributed by atoms with Gasteiger partial charge in [-0.2, -0.15) is 0 Å². The van der Waals surface area contributed by atoms with Crippen molar-refractivity contribution >= 4 is 22.9 Å². The summed E-state index contributed by atoms with van der Waals surface area (Å²) < 4.78 is 6.12. The molecule has 1 aromatic heterocycles. The Morgan fingerprint density at radius 3 is 2.89 bits per heavy atom. The zero-order chi connectivity index (χ0) is 13.5. The number of aliphatic hydroxyl groups excluding tert-OH is 1. The fourth-order valence-electron chi connectivity index (χ4n) is 2.11. The minimum Gasteiger partial charge on any atom is -0.390 e. The van der Waals surface area contributed by atoms with Crippen LogP contribution in [0.2, 0.25) is 4.34 Å². The summed E-state index contributed by atoms with van der Waals surface area (Å²) in [4.78, 5) is 3.52. The number of rotatable bonds is 7. The van der Waals surface area contributed by atoms with Crippen LogP contribution in [0.1, 0.15) is 4.88 Å². The van der Waals surface area contributed by atoms with Crippen LogP contribution in [-0.2, 0) is 11.2 Å². The number of thiophene rings is 1. The lowest BCUT2D eigenvalue weighted by atomic mass is 10.3. The molecule has 2 heterocycles. The second kappa shape index (κ2) is 8.19. The molecule has 19 heavy (non-hydrogen) atoms. The van der Waals surface area contributed by atoms with Gasteiger partial charge in [-0.25, -0.2) is 0 Å². The SMILES string of the molecule is OC(CNCCc1ccc(Cl)s1)CN1CCOCC1. The summed E-state index contributed by atoms with van der Waals surface area (Å²) in [5.74, 6) is 0. The molecule has 0 aliphatic carbocycles. The first-order valence-electron chi connectivity index (χ1n) is 6.67. The summed E-state index contributed by atoms with van der Waals surface area (Å²) in [6, 6.07) is 3.98. The molecule has 2 N–H and O–H groups in total. The number of halogens is 1. The zero-order valence-electron chi connectivity index (χ0n) is 11.0. The Morgan fingerprint density at radius 1 is 1.42 bits per heavy atom. The van der Waals surface area contributed by atoms with Gasteiger partial charge in [0, 0.05) is 37.6 Å². The highest BCUT2D eigenvalue weighted by Crippen LogP contribution is 2.21. The smallest absolute Gasteiger partial charge is 0.0931 e. The molecule has 108 valence electrons. The highest BCUT2D eigenvalue weighted by atomic mass is 35.5. The van der Waals surface area contributed by atoms with Crippen molar-refractivity contribution in [1.82, 2.24) is 10.2 Å². The molecule has 0 spiro atoms. The summed E-state index contributed by atoms with van der Waals surface area (Å²) >= 11 is 7.49. The minimum atomic E-state index is -0.315. The molecule has 0 aromatic carbocycles. The zero-order valence-corrected chi connectivity index (χ0v) is 12.6. The maximum Gasteiger partial charge on any atom is 0.0931 e. The van der Waals surface area contributed by atoms with Gasteiger partial charge in [0.15, 0.2) is 0 Å². The lowest BCUT2D eigenvalue weighted by molar-refractivity contribution is 0.0150. The molecule has 2 rings (SSSR count). The van der Waals surface area contributed by atoms with E-state index in [0.717, 1.165) is 50.1 Å². The van der Waals surface area contributed by atoms with Gasteiger partial charge >= 0.3 is 0 Å². The van der Waals surface area contributed by atoms with E-state index in [1.807, 2.05) is 6.07 Å². The fourth-order valence-corrected chi connectivity index (χ4v) is 3.20. The predicted octanol–water partition coefficient (Wildman–Crippen LogP) is 1.23. The molecule has 0 bridgehead atoms. The minimum absolute atomic E-state index is 0.315. The number of hydrogen-bond acceptors (Lipinski definition) is 5. The van der Waals surface area contributed by atoms with E-state index in [4.69, 9.17) is 16.3 Å². The van der Waals surface area contributed by atoms with E-state index in [1.165, 1.54) is 4.88 Å². The van der Waals surface area contributed by atoms with E-state index in [-0.39, 0.29) is 6.10 Å². The number of β-amino-alcohol motifs (C(OH)–C–C–N with tert-alkyl or cyclic N) is 1. The molecule has 1 aliphatic heterocycles. The normalized spacial score (nSPS) is 18.6. The summed E-state index contributed by atoms with van der Waals surface area (Å²) in [7, 11) is 0. The third-order valence-corrected chi connectivity index (χ3v) is 4.42. The molecule has 0 saturated carbocycles. The first-order valence-corrected chi connectivity index (χ1v) is 7.86. The fraction of sp³-hybridized carbons (Fsp3) is 0.692. The Balaban J connectivity index is 1.54. The monoisotopic (exact) mass is 304 g/mol. The molecule has 1 fully saturated rings. The maximum atomic E-state index is 9.94. The van der Waals surface area contributed by atoms with E-state index in [2.05, 4.69) is 16.3 Å².